The molecular weight excluding hydrogens is 1040 g/mol. The Morgan fingerprint density at radius 2 is 0.688 bits per heavy atom. The zero-order valence-electron chi connectivity index (χ0n) is 41.0. The molecule has 6 aromatic rings. The number of hydrogen-bond acceptors (Lipinski definition) is 22. The Kier molecular flexibility index (Phi) is 20.7. The Hall–Kier alpha value is -10.5. The van der Waals surface area contributed by atoms with Crippen LogP contribution >= 0.6 is 0 Å². The SMILES string of the molecule is COC(=O)Cc1ccc(Oc2cc(F)c(N)cc2[N+](=O)[O-])c(OC)c1.COC(=O)Cc1ccc(Oc2cc(F)c([N+](=O)[O-])cc2N)c(OC)c1.COC(=O)Cc1ccc(Oc2cc(F)c([N+](=O)[O-])cc2[N+](=O)[O-])c(OC)c1. The van der Waals surface area contributed by atoms with Crippen molar-refractivity contribution < 1.29 is 89.9 Å². The molecule has 4 N–H and O–H groups in total. The zero-order valence-corrected chi connectivity index (χ0v) is 41.0. The highest BCUT2D eigenvalue weighted by atomic mass is 19.1. The van der Waals surface area contributed by atoms with Crippen molar-refractivity contribution in [3.63, 3.8) is 0 Å². The Bertz CT molecular complexity index is 3230. The van der Waals surface area contributed by atoms with Crippen LogP contribution < -0.4 is 39.9 Å². The maximum Gasteiger partial charge on any atom is 0.318 e. The fourth-order valence-corrected chi connectivity index (χ4v) is 6.26. The first-order valence-corrected chi connectivity index (χ1v) is 21.3. The van der Waals surface area contributed by atoms with Gasteiger partial charge >= 0.3 is 40.7 Å². The number of benzene rings is 6. The molecule has 0 unspecified atom stereocenters. The van der Waals surface area contributed by atoms with E-state index in [1.54, 1.807) is 18.2 Å². The third-order valence-corrected chi connectivity index (χ3v) is 10.0. The zero-order chi connectivity index (χ0) is 57.3. The average molecular weight is 1080 g/mol. The van der Waals surface area contributed by atoms with Crippen LogP contribution in [0.1, 0.15) is 16.7 Å². The minimum atomic E-state index is -1.29. The topological polar surface area (TPSA) is 359 Å². The summed E-state index contributed by atoms with van der Waals surface area (Å²) in [4.78, 5) is 74.1. The minimum absolute atomic E-state index is 0.0116. The molecule has 0 aliphatic carbocycles. The molecule has 0 saturated heterocycles. The first-order valence-electron chi connectivity index (χ1n) is 21.3. The lowest BCUT2D eigenvalue weighted by molar-refractivity contribution is -0.396. The summed E-state index contributed by atoms with van der Waals surface area (Å²) >= 11 is 0. The summed E-state index contributed by atoms with van der Waals surface area (Å²) in [5.41, 5.74) is 9.24. The molecule has 0 saturated carbocycles. The first kappa shape index (κ1) is 59.1. The van der Waals surface area contributed by atoms with E-state index in [4.69, 9.17) is 39.9 Å². The molecule has 0 heterocycles. The van der Waals surface area contributed by atoms with Crippen molar-refractivity contribution >= 4 is 52.0 Å². The largest absolute Gasteiger partial charge is 0.493 e. The molecular formula is C48H43F3N6O20. The molecule has 406 valence electrons. The third-order valence-electron chi connectivity index (χ3n) is 10.0. The maximum atomic E-state index is 13.8. The standard InChI is InChI=1S/C16H13FN2O8.2C16H15FN2O6/c1-25-15-5-9(6-16(20)26-2)3-4-13(15)27-14-7-10(17)11(18(21)22)8-12(14)19(23)24;1-23-15-5-9(6-16(20)24-2)3-4-13(15)25-14-7-10(17)12(19(21)22)8-11(14)18;1-23-15-5-9(6-16(20)24-2)3-4-13(15)25-14-7-10(17)11(18)8-12(14)19(21)22/h3-5,7-8H,6H2,1-2H3;2*3-5,7-8H,6,18H2,1-2H3. The summed E-state index contributed by atoms with van der Waals surface area (Å²) in [7, 11) is 7.84. The molecule has 29 heteroatoms. The van der Waals surface area contributed by atoms with Crippen molar-refractivity contribution in [1.82, 2.24) is 0 Å². The van der Waals surface area contributed by atoms with Crippen LogP contribution in [0.3, 0.4) is 0 Å². The Morgan fingerprint density at radius 1 is 0.390 bits per heavy atom. The summed E-state index contributed by atoms with van der Waals surface area (Å²) in [6.45, 7) is 0. The lowest BCUT2D eigenvalue weighted by atomic mass is 10.1. The first-order chi connectivity index (χ1) is 36.5. The Labute approximate surface area is 431 Å². The normalized spacial score (nSPS) is 10.2. The van der Waals surface area contributed by atoms with Crippen molar-refractivity contribution in [1.29, 1.82) is 0 Å². The number of nitrogens with zero attached hydrogens (tertiary/aromatic N) is 4. The molecule has 0 bridgehead atoms. The summed E-state index contributed by atoms with van der Waals surface area (Å²) in [5, 5.41) is 43.7. The van der Waals surface area contributed by atoms with E-state index in [9.17, 15) is 68.0 Å². The number of nitrogen functional groups attached to an aromatic ring is 2. The van der Waals surface area contributed by atoms with Crippen LogP contribution in [-0.4, -0.2) is 80.3 Å². The van der Waals surface area contributed by atoms with Crippen molar-refractivity contribution in [2.75, 3.05) is 54.1 Å². The molecule has 77 heavy (non-hydrogen) atoms. The van der Waals surface area contributed by atoms with E-state index < -0.39 is 83.6 Å². The van der Waals surface area contributed by atoms with Gasteiger partial charge in [-0.3, -0.25) is 54.8 Å². The fraction of sp³-hybridized carbons (Fsp3) is 0.188. The smallest absolute Gasteiger partial charge is 0.318 e. The number of esters is 3. The third kappa shape index (κ3) is 16.0. The summed E-state index contributed by atoms with van der Waals surface area (Å²) in [6, 6.07) is 17.9. The van der Waals surface area contributed by atoms with Crippen LogP contribution in [0.25, 0.3) is 0 Å². The lowest BCUT2D eigenvalue weighted by Gasteiger charge is -2.13. The van der Waals surface area contributed by atoms with Gasteiger partial charge in [0.25, 0.3) is 0 Å². The maximum absolute atomic E-state index is 13.8. The number of carbonyl (C=O) groups excluding carboxylic acids is 3. The van der Waals surface area contributed by atoms with Gasteiger partial charge in [0.2, 0.25) is 23.1 Å². The van der Waals surface area contributed by atoms with Crippen LogP contribution in [0.4, 0.5) is 47.3 Å². The molecule has 0 fully saturated rings. The molecule has 0 radical (unpaired) electrons. The number of methoxy groups -OCH3 is 6. The highest BCUT2D eigenvalue weighted by Crippen LogP contribution is 2.42. The minimum Gasteiger partial charge on any atom is -0.493 e. The van der Waals surface area contributed by atoms with Gasteiger partial charge < -0.3 is 54.1 Å². The Balaban J connectivity index is 0.000000250. The predicted octanol–water partition coefficient (Wildman–Crippen LogP) is 8.82. The van der Waals surface area contributed by atoms with Crippen LogP contribution in [0.2, 0.25) is 0 Å². The number of anilines is 2. The van der Waals surface area contributed by atoms with Crippen LogP contribution in [0.5, 0.6) is 51.7 Å². The van der Waals surface area contributed by atoms with Gasteiger partial charge in [0.05, 0.1) is 93.0 Å². The van der Waals surface area contributed by atoms with Crippen molar-refractivity contribution in [2.45, 2.75) is 19.3 Å². The van der Waals surface area contributed by atoms with Gasteiger partial charge in [-0.05, 0) is 53.1 Å². The van der Waals surface area contributed by atoms with Gasteiger partial charge in [0.15, 0.2) is 40.2 Å². The van der Waals surface area contributed by atoms with Gasteiger partial charge in [0.1, 0.15) is 11.9 Å². The van der Waals surface area contributed by atoms with Crippen molar-refractivity contribution in [3.05, 3.63) is 166 Å². The number of halogens is 3. The number of nitro groups is 4. The molecule has 26 nitrogen and oxygen atoms in total. The average Bonchev–Trinajstić information content (AvgIpc) is 3.39. The number of nitrogens with two attached hydrogens (primary N) is 2. The molecule has 6 aromatic carbocycles. The number of rotatable bonds is 19. The van der Waals surface area contributed by atoms with E-state index in [0.717, 1.165) is 24.3 Å². The summed E-state index contributed by atoms with van der Waals surface area (Å²) in [5.74, 6) is -4.60. The number of hydrogen-bond donors (Lipinski definition) is 2. The molecule has 0 aliphatic rings. The number of nitro benzene ring substituents is 4. The van der Waals surface area contributed by atoms with E-state index in [-0.39, 0.29) is 76.6 Å². The van der Waals surface area contributed by atoms with Crippen LogP contribution in [0, 0.1) is 57.9 Å². The molecule has 0 amide bonds. The second kappa shape index (κ2) is 27.0. The fourth-order valence-electron chi connectivity index (χ4n) is 6.26. The van der Waals surface area contributed by atoms with Gasteiger partial charge in [-0.2, -0.15) is 8.78 Å². The van der Waals surface area contributed by atoms with E-state index in [2.05, 4.69) is 14.2 Å². The molecule has 0 aromatic heterocycles. The Morgan fingerprint density at radius 3 is 1.03 bits per heavy atom. The van der Waals surface area contributed by atoms with Gasteiger partial charge in [-0.15, -0.1) is 0 Å². The highest BCUT2D eigenvalue weighted by molar-refractivity contribution is 5.74. The van der Waals surface area contributed by atoms with Gasteiger partial charge in [-0.1, -0.05) is 18.2 Å². The lowest BCUT2D eigenvalue weighted by Crippen LogP contribution is -2.05. The summed E-state index contributed by atoms with van der Waals surface area (Å²) in [6.07, 6.45) is 0.0185. The van der Waals surface area contributed by atoms with Gasteiger partial charge in [0, 0.05) is 30.3 Å². The van der Waals surface area contributed by atoms with Crippen LogP contribution in [-0.2, 0) is 47.9 Å². The van der Waals surface area contributed by atoms with E-state index in [0.29, 0.717) is 28.8 Å². The number of carbonyl (C=O) groups is 3. The number of ether oxygens (including phenoxy) is 9. The monoisotopic (exact) mass is 1080 g/mol. The van der Waals surface area contributed by atoms with E-state index in [1.807, 2.05) is 0 Å². The second-order valence-corrected chi connectivity index (χ2v) is 15.0. The van der Waals surface area contributed by atoms with Crippen LogP contribution in [0.15, 0.2) is 91.0 Å². The quantitative estimate of drug-likeness (QED) is 0.0251. The molecule has 6 rings (SSSR count). The molecule has 0 spiro atoms. The highest BCUT2D eigenvalue weighted by Gasteiger charge is 2.28. The molecule has 0 aliphatic heterocycles. The van der Waals surface area contributed by atoms with E-state index in [1.165, 1.54) is 79.1 Å². The predicted molar refractivity (Wildman–Crippen MR) is 261 cm³/mol. The molecule has 0 atom stereocenters. The van der Waals surface area contributed by atoms with Gasteiger partial charge in [-0.25, -0.2) is 4.39 Å². The summed E-state index contributed by atoms with van der Waals surface area (Å²) < 4.78 is 86.7. The van der Waals surface area contributed by atoms with Crippen molar-refractivity contribution in [3.8, 4) is 51.7 Å². The van der Waals surface area contributed by atoms with Crippen molar-refractivity contribution in [2.24, 2.45) is 0 Å². The van der Waals surface area contributed by atoms with E-state index >= 15 is 0 Å². The second-order valence-electron chi connectivity index (χ2n) is 15.0.